The lowest BCUT2D eigenvalue weighted by atomic mass is 9.79. The molecule has 0 amide bonds. The van der Waals surface area contributed by atoms with Crippen LogP contribution in [-0.4, -0.2) is 56.7 Å². The molecule has 0 N–H and O–H groups in total. The van der Waals surface area contributed by atoms with E-state index < -0.39 is 7.12 Å². The van der Waals surface area contributed by atoms with Crippen molar-refractivity contribution in [3.05, 3.63) is 12.1 Å². The van der Waals surface area contributed by atoms with Gasteiger partial charge in [0.15, 0.2) is 0 Å². The topological polar surface area (TPSA) is 53.1 Å². The minimum Gasteiger partial charge on any atom is -0.481 e. The lowest BCUT2D eigenvalue weighted by Crippen LogP contribution is -2.41. The SMILES string of the molecule is COc1nc(N2CCOCC2)ccc1B1OC(C)(C)C(C)(C)O1. The van der Waals surface area contributed by atoms with Crippen molar-refractivity contribution < 1.29 is 18.8 Å². The molecule has 6 nitrogen and oxygen atoms in total. The fourth-order valence-electron chi connectivity index (χ4n) is 2.72. The van der Waals surface area contributed by atoms with Crippen LogP contribution in [-0.2, 0) is 14.0 Å². The Hall–Kier alpha value is -1.31. The number of methoxy groups -OCH3 is 1. The summed E-state index contributed by atoms with van der Waals surface area (Å²) in [6.07, 6.45) is 0. The summed E-state index contributed by atoms with van der Waals surface area (Å²) in [6.45, 7) is 11.3. The highest BCUT2D eigenvalue weighted by Gasteiger charge is 2.52. The van der Waals surface area contributed by atoms with Crippen molar-refractivity contribution in [2.45, 2.75) is 38.9 Å². The van der Waals surface area contributed by atoms with Crippen molar-refractivity contribution in [2.24, 2.45) is 0 Å². The first-order valence-electron chi connectivity index (χ1n) is 8.07. The van der Waals surface area contributed by atoms with Gasteiger partial charge in [0.05, 0.1) is 31.5 Å². The number of hydrogen-bond donors (Lipinski definition) is 0. The van der Waals surface area contributed by atoms with Gasteiger partial charge in [-0.1, -0.05) is 6.07 Å². The predicted octanol–water partition coefficient (Wildman–Crippen LogP) is 1.23. The molecule has 0 aromatic carbocycles. The molecule has 1 aromatic rings. The normalized spacial score (nSPS) is 23.2. The molecule has 3 heterocycles. The third-order valence-electron chi connectivity index (χ3n) is 4.91. The second-order valence-electron chi connectivity index (χ2n) is 6.96. The molecule has 2 fully saturated rings. The molecule has 3 rings (SSSR count). The highest BCUT2D eigenvalue weighted by atomic mass is 16.7. The Balaban J connectivity index is 1.86. The highest BCUT2D eigenvalue weighted by molar-refractivity contribution is 6.63. The van der Waals surface area contributed by atoms with Gasteiger partial charge >= 0.3 is 7.12 Å². The van der Waals surface area contributed by atoms with Crippen LogP contribution in [0.25, 0.3) is 0 Å². The molecule has 2 saturated heterocycles. The zero-order valence-corrected chi connectivity index (χ0v) is 14.6. The number of morpholine rings is 1. The molecule has 0 atom stereocenters. The van der Waals surface area contributed by atoms with E-state index >= 15 is 0 Å². The average Bonchev–Trinajstić information content (AvgIpc) is 2.75. The van der Waals surface area contributed by atoms with Gasteiger partial charge in [0.2, 0.25) is 5.88 Å². The van der Waals surface area contributed by atoms with Gasteiger partial charge in [-0.25, -0.2) is 0 Å². The van der Waals surface area contributed by atoms with E-state index in [9.17, 15) is 0 Å². The molecule has 0 spiro atoms. The summed E-state index contributed by atoms with van der Waals surface area (Å²) in [5.74, 6) is 1.44. The third kappa shape index (κ3) is 3.05. The van der Waals surface area contributed by atoms with Crippen LogP contribution < -0.4 is 15.1 Å². The van der Waals surface area contributed by atoms with Crippen molar-refractivity contribution in [3.8, 4) is 5.88 Å². The van der Waals surface area contributed by atoms with Crippen LogP contribution >= 0.6 is 0 Å². The van der Waals surface area contributed by atoms with Gasteiger partial charge in [-0.15, -0.1) is 0 Å². The third-order valence-corrected chi connectivity index (χ3v) is 4.91. The number of ether oxygens (including phenoxy) is 2. The number of aromatic nitrogens is 1. The molecular formula is C16H25BN2O4. The maximum absolute atomic E-state index is 6.10. The fraction of sp³-hybridized carbons (Fsp3) is 0.688. The first-order valence-corrected chi connectivity index (χ1v) is 8.07. The smallest absolute Gasteiger partial charge is 0.481 e. The first kappa shape index (κ1) is 16.5. The second-order valence-corrected chi connectivity index (χ2v) is 6.96. The van der Waals surface area contributed by atoms with E-state index in [2.05, 4.69) is 9.88 Å². The van der Waals surface area contributed by atoms with Crippen molar-refractivity contribution in [2.75, 3.05) is 38.3 Å². The van der Waals surface area contributed by atoms with Gasteiger partial charge < -0.3 is 23.7 Å². The zero-order chi connectivity index (χ0) is 16.7. The van der Waals surface area contributed by atoms with Gasteiger partial charge in [-0.3, -0.25) is 0 Å². The summed E-state index contributed by atoms with van der Waals surface area (Å²) in [4.78, 5) is 6.84. The number of hydrogen-bond acceptors (Lipinski definition) is 6. The summed E-state index contributed by atoms with van der Waals surface area (Å²) in [6, 6.07) is 3.98. The van der Waals surface area contributed by atoms with Crippen LogP contribution in [0.5, 0.6) is 5.88 Å². The van der Waals surface area contributed by atoms with Crippen LogP contribution in [0.15, 0.2) is 12.1 Å². The zero-order valence-electron chi connectivity index (χ0n) is 14.6. The summed E-state index contributed by atoms with van der Waals surface area (Å²) >= 11 is 0. The molecule has 2 aliphatic heterocycles. The Kier molecular flexibility index (Phi) is 4.29. The average molecular weight is 320 g/mol. The molecule has 0 saturated carbocycles. The van der Waals surface area contributed by atoms with E-state index in [4.69, 9.17) is 18.8 Å². The van der Waals surface area contributed by atoms with Gasteiger partial charge in [0.25, 0.3) is 0 Å². The van der Waals surface area contributed by atoms with E-state index in [0.717, 1.165) is 37.6 Å². The fourth-order valence-corrected chi connectivity index (χ4v) is 2.72. The number of nitrogens with zero attached hydrogens (tertiary/aromatic N) is 2. The van der Waals surface area contributed by atoms with Crippen LogP contribution in [0.2, 0.25) is 0 Å². The van der Waals surface area contributed by atoms with Crippen molar-refractivity contribution in [1.29, 1.82) is 0 Å². The molecule has 7 heteroatoms. The van der Waals surface area contributed by atoms with Gasteiger partial charge in [-0.05, 0) is 33.8 Å². The van der Waals surface area contributed by atoms with Gasteiger partial charge in [-0.2, -0.15) is 4.98 Å². The van der Waals surface area contributed by atoms with Gasteiger partial charge in [0.1, 0.15) is 5.82 Å². The minimum atomic E-state index is -0.471. The van der Waals surface area contributed by atoms with E-state index in [1.807, 2.05) is 39.8 Å². The number of anilines is 1. The molecule has 0 unspecified atom stereocenters. The Morgan fingerprint density at radius 2 is 1.70 bits per heavy atom. The first-order chi connectivity index (χ1) is 10.8. The maximum atomic E-state index is 6.10. The van der Waals surface area contributed by atoms with Crippen LogP contribution in [0.3, 0.4) is 0 Å². The maximum Gasteiger partial charge on any atom is 0.500 e. The lowest BCUT2D eigenvalue weighted by Gasteiger charge is -2.32. The Morgan fingerprint density at radius 3 is 2.26 bits per heavy atom. The van der Waals surface area contributed by atoms with Crippen molar-refractivity contribution in [1.82, 2.24) is 4.98 Å². The monoisotopic (exact) mass is 320 g/mol. The summed E-state index contributed by atoms with van der Waals surface area (Å²) < 4.78 is 23.1. The molecule has 126 valence electrons. The molecule has 23 heavy (non-hydrogen) atoms. The predicted molar refractivity (Wildman–Crippen MR) is 89.5 cm³/mol. The largest absolute Gasteiger partial charge is 0.500 e. The van der Waals surface area contributed by atoms with Gasteiger partial charge in [0, 0.05) is 18.6 Å². The Morgan fingerprint density at radius 1 is 1.09 bits per heavy atom. The minimum absolute atomic E-state index is 0.383. The number of pyridine rings is 1. The molecular weight excluding hydrogens is 295 g/mol. The van der Waals surface area contributed by atoms with E-state index in [1.54, 1.807) is 7.11 Å². The quantitative estimate of drug-likeness (QED) is 0.781. The van der Waals surface area contributed by atoms with Crippen molar-refractivity contribution >= 4 is 18.4 Å². The second kappa shape index (κ2) is 5.96. The van der Waals surface area contributed by atoms with Crippen LogP contribution in [0.1, 0.15) is 27.7 Å². The molecule has 2 aliphatic rings. The molecule has 1 aromatic heterocycles. The van der Waals surface area contributed by atoms with E-state index in [0.29, 0.717) is 5.88 Å². The lowest BCUT2D eigenvalue weighted by molar-refractivity contribution is 0.00578. The summed E-state index contributed by atoms with van der Waals surface area (Å²) in [5, 5.41) is 0. The standard InChI is InChI=1S/C16H25BN2O4/c1-15(2)16(3,4)23-17(22-15)12-6-7-13(18-14(12)20-5)19-8-10-21-11-9-19/h6-7H,8-11H2,1-5H3. The van der Waals surface area contributed by atoms with Crippen LogP contribution in [0, 0.1) is 0 Å². The Labute approximate surface area is 138 Å². The summed E-state index contributed by atoms with van der Waals surface area (Å²) in [5.41, 5.74) is 0.0556. The summed E-state index contributed by atoms with van der Waals surface area (Å²) in [7, 11) is 1.15. The highest BCUT2D eigenvalue weighted by Crippen LogP contribution is 2.37. The molecule has 0 radical (unpaired) electrons. The van der Waals surface area contributed by atoms with E-state index in [1.165, 1.54) is 0 Å². The van der Waals surface area contributed by atoms with Crippen molar-refractivity contribution in [3.63, 3.8) is 0 Å². The Bertz CT molecular complexity index is 557. The van der Waals surface area contributed by atoms with E-state index in [-0.39, 0.29) is 11.2 Å². The molecule has 0 bridgehead atoms. The van der Waals surface area contributed by atoms with Crippen LogP contribution in [0.4, 0.5) is 5.82 Å². The molecule has 0 aliphatic carbocycles. The number of rotatable bonds is 3.